The zero-order valence-corrected chi connectivity index (χ0v) is 8.84. The number of pyridine rings is 1. The summed E-state index contributed by atoms with van der Waals surface area (Å²) in [6.45, 7) is 0. The summed E-state index contributed by atoms with van der Waals surface area (Å²) in [5.41, 5.74) is 1.35. The molecule has 1 aromatic carbocycles. The number of rotatable bonds is 1. The molecule has 16 heavy (non-hydrogen) atoms. The summed E-state index contributed by atoms with van der Waals surface area (Å²) in [7, 11) is 1.80. The zero-order chi connectivity index (χ0) is 11.5. The quantitative estimate of drug-likeness (QED) is 0.721. The van der Waals surface area contributed by atoms with Crippen molar-refractivity contribution in [2.45, 2.75) is 0 Å². The maximum absolute atomic E-state index is 11.9. The maximum Gasteiger partial charge on any atom is 0.207 e. The van der Waals surface area contributed by atoms with Gasteiger partial charge in [0.05, 0.1) is 0 Å². The van der Waals surface area contributed by atoms with Gasteiger partial charge < -0.3 is 4.57 Å². The SMILES string of the molecule is Cn1cc(C#N)c(=O)c(-c2ccccc2)c1. The van der Waals surface area contributed by atoms with E-state index in [2.05, 4.69) is 0 Å². The highest BCUT2D eigenvalue weighted by Gasteiger charge is 2.07. The molecule has 3 nitrogen and oxygen atoms in total. The molecule has 0 atom stereocenters. The normalized spacial score (nSPS) is 9.75. The van der Waals surface area contributed by atoms with Gasteiger partial charge in [-0.15, -0.1) is 0 Å². The lowest BCUT2D eigenvalue weighted by atomic mass is 10.1. The third-order valence-corrected chi connectivity index (χ3v) is 2.36. The highest BCUT2D eigenvalue weighted by Crippen LogP contribution is 2.14. The van der Waals surface area contributed by atoms with Crippen LogP contribution in [0.25, 0.3) is 11.1 Å². The molecule has 0 saturated carbocycles. The summed E-state index contributed by atoms with van der Waals surface area (Å²) < 4.78 is 1.72. The van der Waals surface area contributed by atoms with E-state index < -0.39 is 0 Å². The van der Waals surface area contributed by atoms with E-state index in [1.165, 1.54) is 6.20 Å². The van der Waals surface area contributed by atoms with Gasteiger partial charge in [-0.2, -0.15) is 5.26 Å². The molecular formula is C13H10N2O. The lowest BCUT2D eigenvalue weighted by Crippen LogP contribution is -2.12. The first-order valence-corrected chi connectivity index (χ1v) is 4.88. The third kappa shape index (κ3) is 1.73. The molecule has 0 bridgehead atoms. The third-order valence-electron chi connectivity index (χ3n) is 2.36. The van der Waals surface area contributed by atoms with E-state index in [0.29, 0.717) is 5.56 Å². The van der Waals surface area contributed by atoms with E-state index in [1.807, 2.05) is 36.4 Å². The van der Waals surface area contributed by atoms with Crippen LogP contribution in [0.1, 0.15) is 5.56 Å². The Bertz CT molecular complexity index is 606. The molecule has 2 aromatic rings. The molecule has 0 saturated heterocycles. The molecule has 3 heteroatoms. The van der Waals surface area contributed by atoms with E-state index in [1.54, 1.807) is 17.8 Å². The Labute approximate surface area is 93.2 Å². The number of nitriles is 1. The Kier molecular flexibility index (Phi) is 2.57. The topological polar surface area (TPSA) is 45.8 Å². The second-order valence-corrected chi connectivity index (χ2v) is 3.56. The summed E-state index contributed by atoms with van der Waals surface area (Å²) in [6.07, 6.45) is 3.27. The van der Waals surface area contributed by atoms with Crippen LogP contribution >= 0.6 is 0 Å². The Morgan fingerprint density at radius 2 is 1.88 bits per heavy atom. The van der Waals surface area contributed by atoms with Crippen LogP contribution < -0.4 is 5.43 Å². The van der Waals surface area contributed by atoms with Gasteiger partial charge in [-0.3, -0.25) is 4.79 Å². The van der Waals surface area contributed by atoms with E-state index in [0.717, 1.165) is 5.56 Å². The molecule has 0 amide bonds. The van der Waals surface area contributed by atoms with E-state index >= 15 is 0 Å². The fourth-order valence-corrected chi connectivity index (χ4v) is 1.61. The molecule has 0 unspecified atom stereocenters. The van der Waals surface area contributed by atoms with Crippen LogP contribution in [-0.4, -0.2) is 4.57 Å². The van der Waals surface area contributed by atoms with Gasteiger partial charge in [0.2, 0.25) is 5.43 Å². The first kappa shape index (κ1) is 10.2. The Morgan fingerprint density at radius 1 is 1.19 bits per heavy atom. The van der Waals surface area contributed by atoms with Crippen LogP contribution in [0.3, 0.4) is 0 Å². The molecule has 0 aliphatic rings. The van der Waals surface area contributed by atoms with Crippen LogP contribution in [0.5, 0.6) is 0 Å². The number of aromatic nitrogens is 1. The van der Waals surface area contributed by atoms with Gasteiger partial charge >= 0.3 is 0 Å². The number of hydrogen-bond donors (Lipinski definition) is 0. The van der Waals surface area contributed by atoms with Gasteiger partial charge in [-0.25, -0.2) is 0 Å². The number of benzene rings is 1. The maximum atomic E-state index is 11.9. The first-order chi connectivity index (χ1) is 7.72. The lowest BCUT2D eigenvalue weighted by molar-refractivity contribution is 0.898. The van der Waals surface area contributed by atoms with Crippen molar-refractivity contribution < 1.29 is 0 Å². The smallest absolute Gasteiger partial charge is 0.207 e. The lowest BCUT2D eigenvalue weighted by Gasteiger charge is -2.04. The minimum atomic E-state index is -0.216. The van der Waals surface area contributed by atoms with Crippen molar-refractivity contribution in [3.05, 3.63) is 58.5 Å². The second-order valence-electron chi connectivity index (χ2n) is 3.56. The average molecular weight is 210 g/mol. The minimum Gasteiger partial charge on any atom is -0.355 e. The van der Waals surface area contributed by atoms with Gasteiger partial charge in [0.15, 0.2) is 0 Å². The fourth-order valence-electron chi connectivity index (χ4n) is 1.61. The van der Waals surface area contributed by atoms with Gasteiger partial charge in [0.1, 0.15) is 11.6 Å². The molecular weight excluding hydrogens is 200 g/mol. The minimum absolute atomic E-state index is 0.170. The van der Waals surface area contributed by atoms with Crippen molar-refractivity contribution in [2.24, 2.45) is 7.05 Å². The molecule has 0 N–H and O–H groups in total. The van der Waals surface area contributed by atoms with Crippen molar-refractivity contribution >= 4 is 0 Å². The van der Waals surface area contributed by atoms with Crippen molar-refractivity contribution in [3.63, 3.8) is 0 Å². The summed E-state index contributed by atoms with van der Waals surface area (Å²) >= 11 is 0. The molecule has 1 heterocycles. The predicted molar refractivity (Wildman–Crippen MR) is 61.8 cm³/mol. The van der Waals surface area contributed by atoms with Crippen molar-refractivity contribution in [2.75, 3.05) is 0 Å². The monoisotopic (exact) mass is 210 g/mol. The number of hydrogen-bond acceptors (Lipinski definition) is 2. The Balaban J connectivity index is 2.72. The molecule has 1 aromatic heterocycles. The molecule has 0 radical (unpaired) electrons. The van der Waals surface area contributed by atoms with Crippen molar-refractivity contribution in [3.8, 4) is 17.2 Å². The standard InChI is InChI=1S/C13H10N2O/c1-15-8-11(7-14)13(16)12(9-15)10-5-3-2-4-6-10/h2-6,8-9H,1H3. The second kappa shape index (κ2) is 4.03. The first-order valence-electron chi connectivity index (χ1n) is 4.88. The Morgan fingerprint density at radius 3 is 2.50 bits per heavy atom. The molecule has 0 aliphatic heterocycles. The van der Waals surface area contributed by atoms with Crippen molar-refractivity contribution in [1.29, 1.82) is 5.26 Å². The van der Waals surface area contributed by atoms with E-state index in [4.69, 9.17) is 5.26 Å². The highest BCUT2D eigenvalue weighted by molar-refractivity contribution is 5.63. The van der Waals surface area contributed by atoms with Crippen molar-refractivity contribution in [1.82, 2.24) is 4.57 Å². The predicted octanol–water partition coefficient (Wildman–Crippen LogP) is 1.92. The number of aryl methyl sites for hydroxylation is 1. The van der Waals surface area contributed by atoms with Gasteiger partial charge in [0.25, 0.3) is 0 Å². The molecule has 0 fully saturated rings. The average Bonchev–Trinajstić information content (AvgIpc) is 2.33. The summed E-state index contributed by atoms with van der Waals surface area (Å²) in [6, 6.07) is 11.3. The largest absolute Gasteiger partial charge is 0.355 e. The Hall–Kier alpha value is -2.34. The van der Waals surface area contributed by atoms with Gasteiger partial charge in [-0.05, 0) is 5.56 Å². The molecule has 0 spiro atoms. The van der Waals surface area contributed by atoms with E-state index in [-0.39, 0.29) is 11.0 Å². The van der Waals surface area contributed by atoms with Gasteiger partial charge in [0, 0.05) is 25.0 Å². The van der Waals surface area contributed by atoms with Gasteiger partial charge in [-0.1, -0.05) is 30.3 Å². The van der Waals surface area contributed by atoms with Crippen LogP contribution in [-0.2, 0) is 7.05 Å². The summed E-state index contributed by atoms with van der Waals surface area (Å²) in [4.78, 5) is 11.9. The van der Waals surface area contributed by atoms with Crippen LogP contribution in [0.15, 0.2) is 47.5 Å². The van der Waals surface area contributed by atoms with Crippen LogP contribution in [0, 0.1) is 11.3 Å². The highest BCUT2D eigenvalue weighted by atomic mass is 16.1. The zero-order valence-electron chi connectivity index (χ0n) is 8.84. The molecule has 2 rings (SSSR count). The van der Waals surface area contributed by atoms with E-state index in [9.17, 15) is 4.79 Å². The fraction of sp³-hybridized carbons (Fsp3) is 0.0769. The van der Waals surface area contributed by atoms with Crippen LogP contribution in [0.4, 0.5) is 0 Å². The van der Waals surface area contributed by atoms with Crippen LogP contribution in [0.2, 0.25) is 0 Å². The molecule has 0 aliphatic carbocycles. The molecule has 78 valence electrons. The number of nitrogens with zero attached hydrogens (tertiary/aromatic N) is 2. The summed E-state index contributed by atoms with van der Waals surface area (Å²) in [5.74, 6) is 0. The summed E-state index contributed by atoms with van der Waals surface area (Å²) in [5, 5.41) is 8.85.